The maximum Gasteiger partial charge on any atom is 0.146 e. The lowest BCUT2D eigenvalue weighted by Gasteiger charge is -2.06. The Morgan fingerprint density at radius 1 is 0.895 bits per heavy atom. The summed E-state index contributed by atoms with van der Waals surface area (Å²) in [6.45, 7) is 4.00. The Kier molecular flexibility index (Phi) is 4.32. The lowest BCUT2D eigenvalue weighted by Crippen LogP contribution is -1.92. The van der Waals surface area contributed by atoms with Crippen molar-refractivity contribution in [1.29, 1.82) is 0 Å². The van der Waals surface area contributed by atoms with Crippen LogP contribution in [0.25, 0.3) is 22.1 Å². The van der Waals surface area contributed by atoms with Crippen molar-refractivity contribution < 1.29 is 4.74 Å². The van der Waals surface area contributed by atoms with E-state index in [4.69, 9.17) is 4.74 Å². The molecule has 0 aliphatic rings. The van der Waals surface area contributed by atoms with Gasteiger partial charge in [-0.1, -0.05) is 26.0 Å². The van der Waals surface area contributed by atoms with Gasteiger partial charge in [0.05, 0.1) is 18.1 Å². The first-order chi connectivity index (χ1) is 9.29. The third kappa shape index (κ3) is 2.54. The topological polar surface area (TPSA) is 35.0 Å². The van der Waals surface area contributed by atoms with Crippen LogP contribution in [0.15, 0.2) is 40.9 Å². The molecule has 98 valence electrons. The lowest BCUT2D eigenvalue weighted by molar-refractivity contribution is 0.419. The van der Waals surface area contributed by atoms with Crippen molar-refractivity contribution in [2.75, 3.05) is 7.11 Å². The molecule has 0 saturated heterocycles. The monoisotopic (exact) mass is 318 g/mol. The van der Waals surface area contributed by atoms with Crippen molar-refractivity contribution in [2.24, 2.45) is 0 Å². The van der Waals surface area contributed by atoms with Gasteiger partial charge in [0, 0.05) is 4.47 Å². The molecule has 0 bridgehead atoms. The molecule has 0 N–H and O–H groups in total. The fourth-order valence-electron chi connectivity index (χ4n) is 1.81. The summed E-state index contributed by atoms with van der Waals surface area (Å²) < 4.78 is 6.23. The Bertz CT molecular complexity index is 713. The van der Waals surface area contributed by atoms with E-state index in [1.165, 1.54) is 0 Å². The first-order valence-corrected chi connectivity index (χ1v) is 6.98. The molecule has 0 aliphatic carbocycles. The van der Waals surface area contributed by atoms with E-state index < -0.39 is 0 Å². The first-order valence-electron chi connectivity index (χ1n) is 6.18. The Balaban J connectivity index is 0.000000637. The minimum absolute atomic E-state index is 0.737. The van der Waals surface area contributed by atoms with Gasteiger partial charge in [0.2, 0.25) is 0 Å². The number of methoxy groups -OCH3 is 1. The van der Waals surface area contributed by atoms with Crippen LogP contribution in [0.1, 0.15) is 13.8 Å². The van der Waals surface area contributed by atoms with E-state index >= 15 is 0 Å². The first kappa shape index (κ1) is 13.7. The number of benzene rings is 2. The fraction of sp³-hybridized carbons (Fsp3) is 0.200. The summed E-state index contributed by atoms with van der Waals surface area (Å²) in [6.07, 6.45) is 0. The summed E-state index contributed by atoms with van der Waals surface area (Å²) in [5.74, 6) is 0.737. The Labute approximate surface area is 120 Å². The van der Waals surface area contributed by atoms with Crippen LogP contribution >= 0.6 is 15.9 Å². The van der Waals surface area contributed by atoms with Crippen LogP contribution < -0.4 is 4.74 Å². The van der Waals surface area contributed by atoms with Gasteiger partial charge in [-0.25, -0.2) is 9.97 Å². The number of para-hydroxylation sites is 2. The summed E-state index contributed by atoms with van der Waals surface area (Å²) in [5, 5.41) is 0. The van der Waals surface area contributed by atoms with Gasteiger partial charge >= 0.3 is 0 Å². The van der Waals surface area contributed by atoms with Gasteiger partial charge in [-0.2, -0.15) is 0 Å². The molecule has 0 unspecified atom stereocenters. The summed E-state index contributed by atoms with van der Waals surface area (Å²) in [4.78, 5) is 9.19. The number of fused-ring (bicyclic) bond motifs is 2. The second-order valence-corrected chi connectivity index (χ2v) is 4.51. The van der Waals surface area contributed by atoms with Gasteiger partial charge in [-0.05, 0) is 40.2 Å². The highest BCUT2D eigenvalue weighted by atomic mass is 79.9. The van der Waals surface area contributed by atoms with E-state index in [1.54, 1.807) is 7.11 Å². The van der Waals surface area contributed by atoms with Gasteiger partial charge < -0.3 is 4.74 Å². The molecule has 3 nitrogen and oxygen atoms in total. The molecule has 0 atom stereocenters. The molecule has 0 aliphatic heterocycles. The number of hydrogen-bond acceptors (Lipinski definition) is 3. The predicted molar refractivity (Wildman–Crippen MR) is 82.6 cm³/mol. The Hall–Kier alpha value is -1.68. The number of halogens is 1. The maximum atomic E-state index is 5.31. The van der Waals surface area contributed by atoms with E-state index in [-0.39, 0.29) is 0 Å². The number of rotatable bonds is 1. The van der Waals surface area contributed by atoms with Crippen molar-refractivity contribution >= 4 is 38.0 Å². The number of nitrogens with zero attached hydrogens (tertiary/aromatic N) is 2. The SMILES string of the molecule is CC.COc1ccc(Br)c2nc3ccccc3nc12. The number of ether oxygens (including phenoxy) is 1. The van der Waals surface area contributed by atoms with Gasteiger partial charge in [0.15, 0.2) is 0 Å². The van der Waals surface area contributed by atoms with Crippen molar-refractivity contribution in [3.63, 3.8) is 0 Å². The minimum atomic E-state index is 0.737. The van der Waals surface area contributed by atoms with E-state index in [0.717, 1.165) is 32.3 Å². The molecule has 0 radical (unpaired) electrons. The van der Waals surface area contributed by atoms with Crippen LogP contribution in [0.5, 0.6) is 5.75 Å². The largest absolute Gasteiger partial charge is 0.494 e. The molecular weight excluding hydrogens is 304 g/mol. The van der Waals surface area contributed by atoms with Crippen LogP contribution in [0.2, 0.25) is 0 Å². The molecule has 3 rings (SSSR count). The smallest absolute Gasteiger partial charge is 0.146 e. The molecule has 1 aromatic heterocycles. The number of hydrogen-bond donors (Lipinski definition) is 0. The molecule has 4 heteroatoms. The normalized spacial score (nSPS) is 10.1. The molecule has 2 aromatic carbocycles. The number of aromatic nitrogens is 2. The highest BCUT2D eigenvalue weighted by Crippen LogP contribution is 2.30. The highest BCUT2D eigenvalue weighted by Gasteiger charge is 2.09. The zero-order chi connectivity index (χ0) is 13.8. The van der Waals surface area contributed by atoms with E-state index in [0.29, 0.717) is 0 Å². The van der Waals surface area contributed by atoms with E-state index in [9.17, 15) is 0 Å². The molecule has 3 aromatic rings. The van der Waals surface area contributed by atoms with Crippen molar-refractivity contribution in [3.8, 4) is 5.75 Å². The predicted octanol–water partition coefficient (Wildman–Crippen LogP) is 4.58. The molecule has 1 heterocycles. The van der Waals surface area contributed by atoms with Crippen LogP contribution in [-0.4, -0.2) is 17.1 Å². The summed E-state index contributed by atoms with van der Waals surface area (Å²) in [7, 11) is 1.64. The third-order valence-electron chi connectivity index (χ3n) is 2.63. The van der Waals surface area contributed by atoms with Crippen LogP contribution in [0.4, 0.5) is 0 Å². The van der Waals surface area contributed by atoms with Crippen LogP contribution in [0, 0.1) is 0 Å². The van der Waals surface area contributed by atoms with Gasteiger partial charge in [0.25, 0.3) is 0 Å². The Morgan fingerprint density at radius 3 is 2.05 bits per heavy atom. The fourth-order valence-corrected chi connectivity index (χ4v) is 2.22. The average molecular weight is 319 g/mol. The standard InChI is InChI=1S/C13H9BrN2O.C2H6/c1-17-11-7-6-8(14)12-13(11)16-10-5-3-2-4-9(10)15-12;1-2/h2-7H,1H3;1-2H3. The zero-order valence-corrected chi connectivity index (χ0v) is 12.7. The zero-order valence-electron chi connectivity index (χ0n) is 11.1. The van der Waals surface area contributed by atoms with Gasteiger partial charge in [0.1, 0.15) is 16.8 Å². The molecular formula is C15H15BrN2O. The van der Waals surface area contributed by atoms with Gasteiger partial charge in [-0.3, -0.25) is 0 Å². The second-order valence-electron chi connectivity index (χ2n) is 3.66. The van der Waals surface area contributed by atoms with Crippen molar-refractivity contribution in [2.45, 2.75) is 13.8 Å². The molecule has 0 fully saturated rings. The van der Waals surface area contributed by atoms with Crippen molar-refractivity contribution in [1.82, 2.24) is 9.97 Å². The van der Waals surface area contributed by atoms with Crippen LogP contribution in [0.3, 0.4) is 0 Å². The van der Waals surface area contributed by atoms with Gasteiger partial charge in [-0.15, -0.1) is 0 Å². The summed E-state index contributed by atoms with van der Waals surface area (Å²) >= 11 is 3.49. The highest BCUT2D eigenvalue weighted by molar-refractivity contribution is 9.10. The summed E-state index contributed by atoms with van der Waals surface area (Å²) in [6, 6.07) is 11.6. The minimum Gasteiger partial charge on any atom is -0.494 e. The molecule has 0 saturated carbocycles. The van der Waals surface area contributed by atoms with E-state index in [2.05, 4.69) is 25.9 Å². The summed E-state index contributed by atoms with van der Waals surface area (Å²) in [5.41, 5.74) is 3.36. The maximum absolute atomic E-state index is 5.31. The van der Waals surface area contributed by atoms with Crippen molar-refractivity contribution in [3.05, 3.63) is 40.9 Å². The third-order valence-corrected chi connectivity index (χ3v) is 3.27. The molecule has 0 spiro atoms. The molecule has 0 amide bonds. The van der Waals surface area contributed by atoms with Crippen LogP contribution in [-0.2, 0) is 0 Å². The second kappa shape index (κ2) is 5.97. The lowest BCUT2D eigenvalue weighted by atomic mass is 10.2. The van der Waals surface area contributed by atoms with E-state index in [1.807, 2.05) is 50.2 Å². The quantitative estimate of drug-likeness (QED) is 0.616. The average Bonchev–Trinajstić information content (AvgIpc) is 2.48. The molecule has 19 heavy (non-hydrogen) atoms. The Morgan fingerprint density at radius 2 is 1.47 bits per heavy atom.